The second kappa shape index (κ2) is 4.14. The van der Waals surface area contributed by atoms with E-state index in [-0.39, 0.29) is 0 Å². The SMILES string of the molecule is S=c1ccc2cc(Cn3ccnc3)ccc2o1. The number of rotatable bonds is 2. The second-order valence-corrected chi connectivity index (χ2v) is 4.26. The number of nitrogens with zero attached hydrogens (tertiary/aromatic N) is 2. The van der Waals surface area contributed by atoms with Gasteiger partial charge in [0.2, 0.25) is 0 Å². The van der Waals surface area contributed by atoms with Gasteiger partial charge >= 0.3 is 0 Å². The maximum atomic E-state index is 5.45. The summed E-state index contributed by atoms with van der Waals surface area (Å²) in [6.45, 7) is 0.811. The van der Waals surface area contributed by atoms with Gasteiger partial charge in [-0.3, -0.25) is 0 Å². The fraction of sp³-hybridized carbons (Fsp3) is 0.0769. The van der Waals surface area contributed by atoms with E-state index in [1.54, 1.807) is 18.6 Å². The summed E-state index contributed by atoms with van der Waals surface area (Å²) >= 11 is 4.99. The summed E-state index contributed by atoms with van der Waals surface area (Å²) in [7, 11) is 0. The zero-order valence-electron chi connectivity index (χ0n) is 9.04. The molecule has 0 radical (unpaired) electrons. The van der Waals surface area contributed by atoms with Crippen molar-refractivity contribution in [2.24, 2.45) is 0 Å². The first-order valence-corrected chi connectivity index (χ1v) is 5.71. The molecule has 0 atom stereocenters. The predicted molar refractivity (Wildman–Crippen MR) is 68.4 cm³/mol. The van der Waals surface area contributed by atoms with E-state index >= 15 is 0 Å². The smallest absolute Gasteiger partial charge is 0.190 e. The van der Waals surface area contributed by atoms with Crippen LogP contribution in [0.2, 0.25) is 0 Å². The molecule has 0 aliphatic heterocycles. The van der Waals surface area contributed by atoms with Crippen LogP contribution >= 0.6 is 12.2 Å². The van der Waals surface area contributed by atoms with Gasteiger partial charge in [-0.25, -0.2) is 4.98 Å². The van der Waals surface area contributed by atoms with E-state index in [4.69, 9.17) is 16.6 Å². The summed E-state index contributed by atoms with van der Waals surface area (Å²) in [6.07, 6.45) is 5.53. The maximum absolute atomic E-state index is 5.45. The van der Waals surface area contributed by atoms with E-state index in [2.05, 4.69) is 11.1 Å². The molecular formula is C13H10N2OS. The molecule has 0 bridgehead atoms. The Morgan fingerprint density at radius 2 is 2.18 bits per heavy atom. The van der Waals surface area contributed by atoms with Crippen LogP contribution in [0.15, 0.2) is 53.5 Å². The zero-order valence-corrected chi connectivity index (χ0v) is 9.85. The van der Waals surface area contributed by atoms with Crippen LogP contribution in [0.3, 0.4) is 0 Å². The van der Waals surface area contributed by atoms with Gasteiger partial charge in [0.15, 0.2) is 4.71 Å². The molecule has 3 nitrogen and oxygen atoms in total. The van der Waals surface area contributed by atoms with Crippen molar-refractivity contribution in [3.8, 4) is 0 Å². The van der Waals surface area contributed by atoms with Crippen molar-refractivity contribution in [2.45, 2.75) is 6.54 Å². The summed E-state index contributed by atoms with van der Waals surface area (Å²) in [4.78, 5) is 4.02. The lowest BCUT2D eigenvalue weighted by Crippen LogP contribution is -1.95. The van der Waals surface area contributed by atoms with Crippen molar-refractivity contribution in [3.63, 3.8) is 0 Å². The number of fused-ring (bicyclic) bond motifs is 1. The zero-order chi connectivity index (χ0) is 11.7. The van der Waals surface area contributed by atoms with Crippen molar-refractivity contribution in [2.75, 3.05) is 0 Å². The van der Waals surface area contributed by atoms with Crippen LogP contribution in [-0.4, -0.2) is 9.55 Å². The number of imidazole rings is 1. The van der Waals surface area contributed by atoms with E-state index in [1.165, 1.54) is 5.56 Å². The van der Waals surface area contributed by atoms with Crippen LogP contribution in [0.5, 0.6) is 0 Å². The highest BCUT2D eigenvalue weighted by molar-refractivity contribution is 7.71. The molecule has 1 aromatic carbocycles. The number of hydrogen-bond donors (Lipinski definition) is 0. The quantitative estimate of drug-likeness (QED) is 0.645. The molecule has 3 rings (SSSR count). The van der Waals surface area contributed by atoms with Gasteiger partial charge in [-0.1, -0.05) is 6.07 Å². The van der Waals surface area contributed by atoms with Gasteiger partial charge < -0.3 is 8.98 Å². The van der Waals surface area contributed by atoms with Gasteiger partial charge in [0, 0.05) is 24.3 Å². The van der Waals surface area contributed by atoms with E-state index in [1.807, 2.05) is 29.0 Å². The Kier molecular flexibility index (Phi) is 2.49. The molecule has 0 aliphatic rings. The van der Waals surface area contributed by atoms with Gasteiger partial charge in [0.1, 0.15) is 5.58 Å². The minimum absolute atomic E-state index is 0.514. The highest BCUT2D eigenvalue weighted by Gasteiger charge is 1.99. The lowest BCUT2D eigenvalue weighted by atomic mass is 10.1. The van der Waals surface area contributed by atoms with Gasteiger partial charge in [-0.05, 0) is 42.0 Å². The Labute approximate surface area is 103 Å². The van der Waals surface area contributed by atoms with E-state index in [0.29, 0.717) is 4.71 Å². The average molecular weight is 242 g/mol. The molecule has 2 heterocycles. The molecule has 84 valence electrons. The summed E-state index contributed by atoms with van der Waals surface area (Å²) in [5.41, 5.74) is 2.04. The monoisotopic (exact) mass is 242 g/mol. The standard InChI is InChI=1S/C13H10N2OS/c17-13-4-2-11-7-10(1-3-12(11)16-13)8-15-6-5-14-9-15/h1-7,9H,8H2. The highest BCUT2D eigenvalue weighted by atomic mass is 32.1. The first kappa shape index (κ1) is 10.2. The summed E-state index contributed by atoms with van der Waals surface area (Å²) in [5.74, 6) is 0. The molecule has 0 unspecified atom stereocenters. The van der Waals surface area contributed by atoms with Crippen molar-refractivity contribution in [1.82, 2.24) is 9.55 Å². The first-order valence-electron chi connectivity index (χ1n) is 5.30. The average Bonchev–Trinajstić information content (AvgIpc) is 2.82. The summed E-state index contributed by atoms with van der Waals surface area (Å²) in [5, 5.41) is 1.07. The van der Waals surface area contributed by atoms with Gasteiger partial charge in [0.25, 0.3) is 0 Å². The fourth-order valence-corrected chi connectivity index (χ4v) is 1.97. The van der Waals surface area contributed by atoms with Crippen LogP contribution < -0.4 is 0 Å². The van der Waals surface area contributed by atoms with Crippen LogP contribution in [-0.2, 0) is 6.54 Å². The Morgan fingerprint density at radius 1 is 1.24 bits per heavy atom. The van der Waals surface area contributed by atoms with E-state index in [9.17, 15) is 0 Å². The molecule has 4 heteroatoms. The van der Waals surface area contributed by atoms with Crippen molar-refractivity contribution >= 4 is 23.2 Å². The molecule has 17 heavy (non-hydrogen) atoms. The molecule has 0 amide bonds. The normalized spacial score (nSPS) is 10.8. The highest BCUT2D eigenvalue weighted by Crippen LogP contribution is 2.17. The van der Waals surface area contributed by atoms with Crippen LogP contribution in [0, 0.1) is 4.71 Å². The van der Waals surface area contributed by atoms with Crippen molar-refractivity contribution in [1.29, 1.82) is 0 Å². The van der Waals surface area contributed by atoms with Crippen molar-refractivity contribution in [3.05, 3.63) is 59.3 Å². The van der Waals surface area contributed by atoms with E-state index < -0.39 is 0 Å². The minimum Gasteiger partial charge on any atom is -0.445 e. The molecule has 0 saturated carbocycles. The molecular weight excluding hydrogens is 232 g/mol. The summed E-state index contributed by atoms with van der Waals surface area (Å²) in [6, 6.07) is 9.89. The Balaban J connectivity index is 2.02. The summed E-state index contributed by atoms with van der Waals surface area (Å²) < 4.78 is 7.99. The van der Waals surface area contributed by atoms with Crippen LogP contribution in [0.4, 0.5) is 0 Å². The molecule has 0 aliphatic carbocycles. The van der Waals surface area contributed by atoms with Gasteiger partial charge in [-0.2, -0.15) is 0 Å². The number of benzene rings is 1. The van der Waals surface area contributed by atoms with Gasteiger partial charge in [-0.15, -0.1) is 0 Å². The lowest BCUT2D eigenvalue weighted by molar-refractivity contribution is 0.586. The fourth-order valence-electron chi connectivity index (χ4n) is 1.81. The Bertz CT molecular complexity index is 701. The maximum Gasteiger partial charge on any atom is 0.190 e. The largest absolute Gasteiger partial charge is 0.445 e. The third kappa shape index (κ3) is 2.12. The van der Waals surface area contributed by atoms with Crippen LogP contribution in [0.25, 0.3) is 11.0 Å². The number of aromatic nitrogens is 2. The molecule has 3 aromatic rings. The third-order valence-electron chi connectivity index (χ3n) is 2.61. The Hall–Kier alpha value is -1.94. The predicted octanol–water partition coefficient (Wildman–Crippen LogP) is 3.41. The van der Waals surface area contributed by atoms with Gasteiger partial charge in [0.05, 0.1) is 6.33 Å². The number of hydrogen-bond acceptors (Lipinski definition) is 3. The molecule has 0 fully saturated rings. The van der Waals surface area contributed by atoms with Crippen molar-refractivity contribution < 1.29 is 4.42 Å². The van der Waals surface area contributed by atoms with E-state index in [0.717, 1.165) is 17.5 Å². The molecule has 0 N–H and O–H groups in total. The second-order valence-electron chi connectivity index (χ2n) is 3.86. The first-order chi connectivity index (χ1) is 8.31. The third-order valence-corrected chi connectivity index (χ3v) is 2.83. The molecule has 2 aromatic heterocycles. The molecule has 0 spiro atoms. The van der Waals surface area contributed by atoms with Crippen LogP contribution in [0.1, 0.15) is 5.56 Å². The topological polar surface area (TPSA) is 31.0 Å². The Morgan fingerprint density at radius 3 is 3.00 bits per heavy atom. The lowest BCUT2D eigenvalue weighted by Gasteiger charge is -2.03. The minimum atomic E-state index is 0.514. The molecule has 0 saturated heterocycles.